The van der Waals surface area contributed by atoms with E-state index in [9.17, 15) is 0 Å². The lowest BCUT2D eigenvalue weighted by Gasteiger charge is -2.34. The van der Waals surface area contributed by atoms with Gasteiger partial charge in [0.2, 0.25) is 0 Å². The zero-order valence-electron chi connectivity index (χ0n) is 5.80. The number of nitrogens with two attached hydrogens (primary N) is 2. The number of nitrogens with zero attached hydrogens (tertiary/aromatic N) is 1. The average molecular weight is 146 g/mol. The molecule has 0 aromatic rings. The second-order valence-electron chi connectivity index (χ2n) is 2.20. The van der Waals surface area contributed by atoms with E-state index in [4.69, 9.17) is 11.7 Å². The van der Waals surface area contributed by atoms with Crippen molar-refractivity contribution >= 4 is 0 Å². The minimum Gasteiger partial charge on any atom is -0.287 e. The maximum absolute atomic E-state index is 5.22. The van der Waals surface area contributed by atoms with Crippen molar-refractivity contribution in [3.63, 3.8) is 0 Å². The first-order valence-electron chi connectivity index (χ1n) is 3.31. The first-order valence-corrected chi connectivity index (χ1v) is 3.31. The Balaban J connectivity index is 2.34. The van der Waals surface area contributed by atoms with Gasteiger partial charge in [-0.2, -0.15) is 10.5 Å². The highest BCUT2D eigenvalue weighted by atomic mass is 15.7. The highest BCUT2D eigenvalue weighted by molar-refractivity contribution is 4.66. The summed E-state index contributed by atoms with van der Waals surface area (Å²) >= 11 is 0. The number of rotatable bonds is 2. The van der Waals surface area contributed by atoms with Gasteiger partial charge in [0.15, 0.2) is 0 Å². The van der Waals surface area contributed by atoms with Crippen molar-refractivity contribution in [2.24, 2.45) is 11.7 Å². The predicted octanol–water partition coefficient (Wildman–Crippen LogP) is -2.59. The zero-order chi connectivity index (χ0) is 7.40. The molecule has 0 radical (unpaired) electrons. The van der Waals surface area contributed by atoms with Gasteiger partial charge in [-0.25, -0.2) is 5.43 Å². The van der Waals surface area contributed by atoms with Gasteiger partial charge in [0, 0.05) is 6.54 Å². The smallest absolute Gasteiger partial charge is 0.140 e. The molecule has 0 aromatic heterocycles. The third kappa shape index (κ3) is 1.63. The molecule has 6 heteroatoms. The van der Waals surface area contributed by atoms with Crippen LogP contribution in [0.15, 0.2) is 0 Å². The van der Waals surface area contributed by atoms with E-state index in [0.29, 0.717) is 0 Å². The molecule has 0 spiro atoms. The van der Waals surface area contributed by atoms with Crippen molar-refractivity contribution < 1.29 is 0 Å². The van der Waals surface area contributed by atoms with Crippen LogP contribution < -0.4 is 28.0 Å². The molecule has 1 fully saturated rings. The second kappa shape index (κ2) is 3.81. The lowest BCUT2D eigenvalue weighted by atomic mass is 10.3. The summed E-state index contributed by atoms with van der Waals surface area (Å²) in [6.45, 7) is 1.87. The summed E-state index contributed by atoms with van der Waals surface area (Å²) < 4.78 is 0. The van der Waals surface area contributed by atoms with Crippen LogP contribution in [0.2, 0.25) is 0 Å². The van der Waals surface area contributed by atoms with E-state index in [0.717, 1.165) is 19.5 Å². The molecule has 1 unspecified atom stereocenters. The number of hydrazine groups is 3. The van der Waals surface area contributed by atoms with Gasteiger partial charge >= 0.3 is 0 Å². The summed E-state index contributed by atoms with van der Waals surface area (Å²) in [5, 5.41) is 4.91. The molecule has 0 aromatic carbocycles. The maximum Gasteiger partial charge on any atom is 0.140 e. The molecule has 1 heterocycles. The van der Waals surface area contributed by atoms with Gasteiger partial charge in [0.05, 0.1) is 0 Å². The fraction of sp³-hybridized carbons (Fsp3) is 1.00. The van der Waals surface area contributed by atoms with Gasteiger partial charge in [-0.1, -0.05) is 0 Å². The molecule has 0 saturated carbocycles. The molecule has 10 heavy (non-hydrogen) atoms. The van der Waals surface area contributed by atoms with Crippen LogP contribution in [-0.4, -0.2) is 24.4 Å². The molecule has 1 rings (SSSR count). The van der Waals surface area contributed by atoms with Gasteiger partial charge in [0.25, 0.3) is 0 Å². The Morgan fingerprint density at radius 1 is 1.50 bits per heavy atom. The average Bonchev–Trinajstić information content (AvgIpc) is 2.04. The lowest BCUT2D eigenvalue weighted by Crippen LogP contribution is -2.66. The van der Waals surface area contributed by atoms with Crippen LogP contribution in [0.25, 0.3) is 0 Å². The van der Waals surface area contributed by atoms with Gasteiger partial charge < -0.3 is 0 Å². The maximum atomic E-state index is 5.22. The van der Waals surface area contributed by atoms with Crippen LogP contribution in [0.5, 0.6) is 0 Å². The lowest BCUT2D eigenvalue weighted by molar-refractivity contribution is 0.0503. The van der Waals surface area contributed by atoms with Crippen LogP contribution in [0.3, 0.4) is 0 Å². The zero-order valence-corrected chi connectivity index (χ0v) is 5.80. The molecule has 1 aliphatic rings. The van der Waals surface area contributed by atoms with E-state index in [1.807, 2.05) is 0 Å². The Bertz CT molecular complexity index is 83.7. The molecule has 1 atom stereocenters. The Morgan fingerprint density at radius 2 is 2.30 bits per heavy atom. The SMILES string of the molecule is NNC1NCCCN1NN. The van der Waals surface area contributed by atoms with Crippen molar-refractivity contribution in [1.82, 2.24) is 21.3 Å². The molecule has 1 aliphatic heterocycles. The Hall–Kier alpha value is -0.240. The second-order valence-corrected chi connectivity index (χ2v) is 2.20. The standard InChI is InChI=1S/C4H14N6/c5-8-4-7-2-1-3-10(4)9-6/h4,7-9H,1-3,5-6H2. The normalized spacial score (nSPS) is 28.8. The van der Waals surface area contributed by atoms with Crippen molar-refractivity contribution in [3.05, 3.63) is 0 Å². The molecule has 6 nitrogen and oxygen atoms in total. The fourth-order valence-electron chi connectivity index (χ4n) is 1.02. The van der Waals surface area contributed by atoms with Crippen LogP contribution in [0.1, 0.15) is 6.42 Å². The Morgan fingerprint density at radius 3 is 2.80 bits per heavy atom. The highest BCUT2D eigenvalue weighted by Crippen LogP contribution is 1.94. The van der Waals surface area contributed by atoms with Crippen molar-refractivity contribution in [2.75, 3.05) is 13.1 Å². The van der Waals surface area contributed by atoms with E-state index in [-0.39, 0.29) is 6.29 Å². The van der Waals surface area contributed by atoms with E-state index < -0.39 is 0 Å². The molecular formula is C4H14N6. The van der Waals surface area contributed by atoms with Crippen LogP contribution in [0, 0.1) is 0 Å². The molecule has 7 N–H and O–H groups in total. The minimum atomic E-state index is -0.0567. The summed E-state index contributed by atoms with van der Waals surface area (Å²) in [6, 6.07) is 0. The van der Waals surface area contributed by atoms with Gasteiger partial charge in [-0.05, 0) is 13.0 Å². The van der Waals surface area contributed by atoms with Gasteiger partial charge in [-0.15, -0.1) is 0 Å². The molecule has 0 aliphatic carbocycles. The van der Waals surface area contributed by atoms with E-state index >= 15 is 0 Å². The number of nitrogens with one attached hydrogen (secondary N) is 3. The highest BCUT2D eigenvalue weighted by Gasteiger charge is 2.18. The topological polar surface area (TPSA) is 91.4 Å². The molecule has 0 bridgehead atoms. The summed E-state index contributed by atoms with van der Waals surface area (Å²) in [5.74, 6) is 10.4. The van der Waals surface area contributed by atoms with Crippen molar-refractivity contribution in [3.8, 4) is 0 Å². The quantitative estimate of drug-likeness (QED) is 0.217. The predicted molar refractivity (Wildman–Crippen MR) is 37.8 cm³/mol. The monoisotopic (exact) mass is 146 g/mol. The van der Waals surface area contributed by atoms with Gasteiger partial charge in [0.1, 0.15) is 6.29 Å². The van der Waals surface area contributed by atoms with Gasteiger partial charge in [-0.3, -0.25) is 17.0 Å². The summed E-state index contributed by atoms with van der Waals surface area (Å²) in [5.41, 5.74) is 5.11. The van der Waals surface area contributed by atoms with E-state index in [1.54, 1.807) is 5.01 Å². The van der Waals surface area contributed by atoms with E-state index in [1.165, 1.54) is 0 Å². The fourth-order valence-corrected chi connectivity index (χ4v) is 1.02. The van der Waals surface area contributed by atoms with Crippen LogP contribution in [-0.2, 0) is 0 Å². The molecule has 0 amide bonds. The molecule has 1 saturated heterocycles. The molecule has 60 valence electrons. The third-order valence-electron chi connectivity index (χ3n) is 1.55. The first kappa shape index (κ1) is 7.86. The Kier molecular flexibility index (Phi) is 3.00. The molecular weight excluding hydrogens is 132 g/mol. The van der Waals surface area contributed by atoms with Crippen LogP contribution >= 0.6 is 0 Å². The van der Waals surface area contributed by atoms with E-state index in [2.05, 4.69) is 16.3 Å². The Labute approximate surface area is 59.8 Å². The van der Waals surface area contributed by atoms with Crippen molar-refractivity contribution in [2.45, 2.75) is 12.7 Å². The third-order valence-corrected chi connectivity index (χ3v) is 1.55. The summed E-state index contributed by atoms with van der Waals surface area (Å²) in [7, 11) is 0. The summed E-state index contributed by atoms with van der Waals surface area (Å²) in [6.07, 6.45) is 1.02. The largest absolute Gasteiger partial charge is 0.287 e. The van der Waals surface area contributed by atoms with Crippen LogP contribution in [0.4, 0.5) is 0 Å². The summed E-state index contributed by atoms with van der Waals surface area (Å²) in [4.78, 5) is 0. The minimum absolute atomic E-state index is 0.0567. The first-order chi connectivity index (χ1) is 4.88. The van der Waals surface area contributed by atoms with Crippen molar-refractivity contribution in [1.29, 1.82) is 0 Å². The number of hydrogen-bond acceptors (Lipinski definition) is 6. The number of hydrogen-bond donors (Lipinski definition) is 5.